The molecule has 0 bridgehead atoms. The molecule has 1 aromatic carbocycles. The van der Waals surface area contributed by atoms with Gasteiger partial charge in [-0.15, -0.1) is 0 Å². The highest BCUT2D eigenvalue weighted by atomic mass is 35.5. The minimum absolute atomic E-state index is 0.324. The van der Waals surface area contributed by atoms with E-state index >= 15 is 0 Å². The highest BCUT2D eigenvalue weighted by molar-refractivity contribution is 6.31. The Labute approximate surface area is 100 Å². The molecule has 1 amide bonds. The average Bonchev–Trinajstić information content (AvgIpc) is 2.74. The van der Waals surface area contributed by atoms with Gasteiger partial charge in [0.15, 0.2) is 0 Å². The zero-order valence-electron chi connectivity index (χ0n) is 9.03. The molecule has 0 aliphatic carbocycles. The van der Waals surface area contributed by atoms with Gasteiger partial charge in [0.05, 0.1) is 0 Å². The molecule has 1 heterocycles. The van der Waals surface area contributed by atoms with Crippen molar-refractivity contribution in [3.63, 3.8) is 0 Å². The van der Waals surface area contributed by atoms with Crippen LogP contribution in [-0.2, 0) is 4.79 Å². The van der Waals surface area contributed by atoms with Crippen LogP contribution in [0.4, 0.5) is 0 Å². The molecule has 0 unspecified atom stereocenters. The number of likely N-dealkylation sites (tertiary alicyclic amines) is 1. The van der Waals surface area contributed by atoms with E-state index in [1.165, 1.54) is 0 Å². The zero-order valence-corrected chi connectivity index (χ0v) is 9.78. The summed E-state index contributed by atoms with van der Waals surface area (Å²) in [5.41, 5.74) is 6.30. The molecule has 1 saturated heterocycles. The van der Waals surface area contributed by atoms with Crippen molar-refractivity contribution in [1.29, 1.82) is 0 Å². The first-order valence-corrected chi connectivity index (χ1v) is 5.86. The first kappa shape index (κ1) is 11.4. The first-order chi connectivity index (χ1) is 7.70. The number of hydrogen-bond acceptors (Lipinski definition) is 2. The molecule has 0 radical (unpaired) electrons. The second-order valence-corrected chi connectivity index (χ2v) is 4.48. The van der Waals surface area contributed by atoms with E-state index in [2.05, 4.69) is 4.90 Å². The van der Waals surface area contributed by atoms with E-state index < -0.39 is 0 Å². The summed E-state index contributed by atoms with van der Waals surface area (Å²) in [7, 11) is 0. The highest BCUT2D eigenvalue weighted by Crippen LogP contribution is 2.29. The third-order valence-electron chi connectivity index (χ3n) is 2.98. The molecule has 0 saturated carbocycles. The minimum atomic E-state index is -0.379. The number of benzene rings is 1. The zero-order chi connectivity index (χ0) is 11.5. The number of hydrogen-bond donors (Lipinski definition) is 1. The molecule has 0 aromatic heterocycles. The number of carbonyl (C=O) groups is 1. The van der Waals surface area contributed by atoms with Crippen LogP contribution < -0.4 is 5.73 Å². The van der Waals surface area contributed by atoms with Crippen LogP contribution in [0.15, 0.2) is 24.3 Å². The summed E-state index contributed by atoms with van der Waals surface area (Å²) in [5.74, 6) is -0.324. The van der Waals surface area contributed by atoms with Crippen LogP contribution in [0.3, 0.4) is 0 Å². The van der Waals surface area contributed by atoms with Crippen molar-refractivity contribution < 1.29 is 4.79 Å². The molecule has 1 aliphatic rings. The summed E-state index contributed by atoms with van der Waals surface area (Å²) in [5, 5.41) is 0.609. The Kier molecular flexibility index (Phi) is 3.46. The number of rotatable bonds is 3. The Morgan fingerprint density at radius 1 is 1.31 bits per heavy atom. The van der Waals surface area contributed by atoms with Crippen LogP contribution in [0.25, 0.3) is 0 Å². The second-order valence-electron chi connectivity index (χ2n) is 4.07. The van der Waals surface area contributed by atoms with Gasteiger partial charge in [0, 0.05) is 5.02 Å². The molecular weight excluding hydrogens is 224 g/mol. The summed E-state index contributed by atoms with van der Waals surface area (Å²) in [6.07, 6.45) is 2.24. The van der Waals surface area contributed by atoms with Crippen molar-refractivity contribution in [1.82, 2.24) is 4.90 Å². The second kappa shape index (κ2) is 4.85. The fraction of sp³-hybridized carbons (Fsp3) is 0.417. The molecule has 3 nitrogen and oxygen atoms in total. The van der Waals surface area contributed by atoms with Gasteiger partial charge in [-0.05, 0) is 37.6 Å². The van der Waals surface area contributed by atoms with Crippen molar-refractivity contribution >= 4 is 17.5 Å². The van der Waals surface area contributed by atoms with E-state index in [1.54, 1.807) is 6.07 Å². The summed E-state index contributed by atoms with van der Waals surface area (Å²) in [6.45, 7) is 1.83. The van der Waals surface area contributed by atoms with Crippen LogP contribution in [0, 0.1) is 0 Å². The lowest BCUT2D eigenvalue weighted by Gasteiger charge is -2.25. The van der Waals surface area contributed by atoms with Gasteiger partial charge in [0.2, 0.25) is 5.91 Å². The molecular formula is C12H15ClN2O. The smallest absolute Gasteiger partial charge is 0.239 e. The van der Waals surface area contributed by atoms with Crippen molar-refractivity contribution in [3.8, 4) is 0 Å². The molecule has 1 aromatic rings. The van der Waals surface area contributed by atoms with Gasteiger partial charge in [-0.3, -0.25) is 9.69 Å². The van der Waals surface area contributed by atoms with E-state index in [9.17, 15) is 4.79 Å². The molecule has 16 heavy (non-hydrogen) atoms. The van der Waals surface area contributed by atoms with Crippen molar-refractivity contribution in [2.24, 2.45) is 5.73 Å². The Hall–Kier alpha value is -1.06. The molecule has 2 N–H and O–H groups in total. The largest absolute Gasteiger partial charge is 0.368 e. The SMILES string of the molecule is NC(=O)[C@H](c1ccccc1Cl)N1CCCC1. The van der Waals surface area contributed by atoms with Gasteiger partial charge in [-0.25, -0.2) is 0 Å². The summed E-state index contributed by atoms with van der Waals surface area (Å²) in [6, 6.07) is 7.02. The molecule has 1 atom stereocenters. The lowest BCUT2D eigenvalue weighted by atomic mass is 10.1. The number of amides is 1. The predicted molar refractivity (Wildman–Crippen MR) is 64.2 cm³/mol. The maximum Gasteiger partial charge on any atom is 0.239 e. The van der Waals surface area contributed by atoms with Gasteiger partial charge < -0.3 is 5.73 Å². The fourth-order valence-electron chi connectivity index (χ4n) is 2.23. The van der Waals surface area contributed by atoms with E-state index in [4.69, 9.17) is 17.3 Å². The van der Waals surface area contributed by atoms with E-state index in [0.29, 0.717) is 5.02 Å². The monoisotopic (exact) mass is 238 g/mol. The average molecular weight is 239 g/mol. The van der Waals surface area contributed by atoms with E-state index in [-0.39, 0.29) is 11.9 Å². The standard InChI is InChI=1S/C12H15ClN2O/c13-10-6-2-1-5-9(10)11(12(14)16)15-7-3-4-8-15/h1-2,5-6,11H,3-4,7-8H2,(H2,14,16)/t11-/m0/s1. The van der Waals surface area contributed by atoms with Gasteiger partial charge in [0.25, 0.3) is 0 Å². The minimum Gasteiger partial charge on any atom is -0.368 e. The lowest BCUT2D eigenvalue weighted by Crippen LogP contribution is -2.36. The number of halogens is 1. The Morgan fingerprint density at radius 3 is 2.50 bits per heavy atom. The van der Waals surface area contributed by atoms with Gasteiger partial charge >= 0.3 is 0 Å². The molecule has 1 fully saturated rings. The third kappa shape index (κ3) is 2.20. The summed E-state index contributed by atoms with van der Waals surface area (Å²) >= 11 is 6.11. The third-order valence-corrected chi connectivity index (χ3v) is 3.32. The van der Waals surface area contributed by atoms with Crippen molar-refractivity contribution in [2.75, 3.05) is 13.1 Å². The number of nitrogens with zero attached hydrogens (tertiary/aromatic N) is 1. The Bertz CT molecular complexity index is 388. The molecule has 1 aliphatic heterocycles. The van der Waals surface area contributed by atoms with Crippen molar-refractivity contribution in [3.05, 3.63) is 34.9 Å². The maximum absolute atomic E-state index is 11.6. The molecule has 2 rings (SSSR count). The van der Waals surface area contributed by atoms with Crippen LogP contribution in [0.2, 0.25) is 5.02 Å². The first-order valence-electron chi connectivity index (χ1n) is 5.48. The topological polar surface area (TPSA) is 46.3 Å². The van der Waals surface area contributed by atoms with Gasteiger partial charge in [-0.2, -0.15) is 0 Å². The van der Waals surface area contributed by atoms with Gasteiger partial charge in [-0.1, -0.05) is 29.8 Å². The van der Waals surface area contributed by atoms with E-state index in [0.717, 1.165) is 31.5 Å². The summed E-state index contributed by atoms with van der Waals surface area (Å²) < 4.78 is 0. The fourth-order valence-corrected chi connectivity index (χ4v) is 2.47. The normalized spacial score (nSPS) is 18.6. The molecule has 4 heteroatoms. The Balaban J connectivity index is 2.32. The number of nitrogens with two attached hydrogens (primary N) is 1. The van der Waals surface area contributed by atoms with E-state index in [1.807, 2.05) is 18.2 Å². The summed E-state index contributed by atoms with van der Waals surface area (Å²) in [4.78, 5) is 13.7. The molecule has 0 spiro atoms. The quantitative estimate of drug-likeness (QED) is 0.875. The van der Waals surface area contributed by atoms with Crippen LogP contribution in [0.5, 0.6) is 0 Å². The van der Waals surface area contributed by atoms with Crippen molar-refractivity contribution in [2.45, 2.75) is 18.9 Å². The predicted octanol–water partition coefficient (Wildman–Crippen LogP) is 1.96. The maximum atomic E-state index is 11.6. The van der Waals surface area contributed by atoms with Crippen LogP contribution in [0.1, 0.15) is 24.4 Å². The Morgan fingerprint density at radius 2 is 1.94 bits per heavy atom. The molecule has 86 valence electrons. The number of primary amides is 1. The van der Waals surface area contributed by atoms with Crippen LogP contribution >= 0.6 is 11.6 Å². The van der Waals surface area contributed by atoms with Crippen LogP contribution in [-0.4, -0.2) is 23.9 Å². The number of carbonyl (C=O) groups excluding carboxylic acids is 1. The highest BCUT2D eigenvalue weighted by Gasteiger charge is 2.29. The lowest BCUT2D eigenvalue weighted by molar-refractivity contribution is -0.123. The van der Waals surface area contributed by atoms with Gasteiger partial charge in [0.1, 0.15) is 6.04 Å².